The number of rotatable bonds is 6. The maximum atomic E-state index is 10.9. The molecule has 1 aliphatic heterocycles. The Labute approximate surface area is 137 Å². The third kappa shape index (κ3) is 4.66. The number of nitro benzene ring substituents is 1. The second kappa shape index (κ2) is 7.90. The van der Waals surface area contributed by atoms with Gasteiger partial charge in [-0.25, -0.2) is 0 Å². The topological polar surface area (TPSA) is 58.4 Å². The third-order valence-electron chi connectivity index (χ3n) is 4.46. The number of piperidine rings is 1. The molecule has 0 bridgehead atoms. The van der Waals surface area contributed by atoms with Crippen LogP contribution in [0.2, 0.25) is 0 Å². The molecule has 0 aromatic heterocycles. The standard InChI is InChI=1S/C16H23N3O2.ClH/c20-19(21)16-5-1-3-13(9-16)11-18(15-6-7-15)12-14-4-2-8-17-10-14;/h1,3,5,9,14-15,17H,2,4,6-8,10-12H2;1H. The van der Waals surface area contributed by atoms with Crippen LogP contribution in [-0.4, -0.2) is 35.5 Å². The lowest BCUT2D eigenvalue weighted by molar-refractivity contribution is -0.384. The zero-order chi connectivity index (χ0) is 14.7. The van der Waals surface area contributed by atoms with Gasteiger partial charge < -0.3 is 5.32 Å². The van der Waals surface area contributed by atoms with E-state index in [1.165, 1.54) is 25.7 Å². The van der Waals surface area contributed by atoms with Gasteiger partial charge in [0.15, 0.2) is 0 Å². The summed E-state index contributed by atoms with van der Waals surface area (Å²) in [7, 11) is 0. The minimum absolute atomic E-state index is 0. The summed E-state index contributed by atoms with van der Waals surface area (Å²) in [5.74, 6) is 0.720. The first-order valence-corrected chi connectivity index (χ1v) is 7.90. The largest absolute Gasteiger partial charge is 0.316 e. The Bertz CT molecular complexity index is 502. The normalized spacial score (nSPS) is 21.4. The number of non-ortho nitro benzene ring substituents is 1. The van der Waals surface area contributed by atoms with E-state index in [9.17, 15) is 10.1 Å². The monoisotopic (exact) mass is 325 g/mol. The lowest BCUT2D eigenvalue weighted by atomic mass is 9.98. The Morgan fingerprint density at radius 3 is 2.77 bits per heavy atom. The summed E-state index contributed by atoms with van der Waals surface area (Å²) in [6.07, 6.45) is 5.11. The first-order chi connectivity index (χ1) is 10.2. The minimum atomic E-state index is -0.310. The molecule has 1 N–H and O–H groups in total. The van der Waals surface area contributed by atoms with E-state index < -0.39 is 0 Å². The van der Waals surface area contributed by atoms with Gasteiger partial charge in [-0.1, -0.05) is 12.1 Å². The maximum Gasteiger partial charge on any atom is 0.269 e. The molecule has 1 heterocycles. The quantitative estimate of drug-likeness (QED) is 0.645. The van der Waals surface area contributed by atoms with E-state index in [1.54, 1.807) is 18.2 Å². The van der Waals surface area contributed by atoms with Crippen LogP contribution in [0.5, 0.6) is 0 Å². The van der Waals surface area contributed by atoms with Crippen LogP contribution in [0.1, 0.15) is 31.2 Å². The van der Waals surface area contributed by atoms with Crippen molar-refractivity contribution < 1.29 is 4.92 Å². The summed E-state index contributed by atoms with van der Waals surface area (Å²) in [4.78, 5) is 13.1. The molecule has 122 valence electrons. The molecule has 3 rings (SSSR count). The van der Waals surface area contributed by atoms with Gasteiger partial charge in [0.25, 0.3) is 5.69 Å². The van der Waals surface area contributed by atoms with Crippen molar-refractivity contribution in [2.45, 2.75) is 38.3 Å². The number of hydrogen-bond donors (Lipinski definition) is 1. The molecule has 0 radical (unpaired) electrons. The van der Waals surface area contributed by atoms with E-state index >= 15 is 0 Å². The molecule has 6 heteroatoms. The SMILES string of the molecule is Cl.O=[N+]([O-])c1cccc(CN(CC2CCCNC2)C2CC2)c1. The second-order valence-corrected chi connectivity index (χ2v) is 6.30. The fraction of sp³-hybridized carbons (Fsp3) is 0.625. The van der Waals surface area contributed by atoms with Crippen molar-refractivity contribution in [1.29, 1.82) is 0 Å². The van der Waals surface area contributed by atoms with E-state index in [4.69, 9.17) is 0 Å². The Morgan fingerprint density at radius 1 is 1.32 bits per heavy atom. The Hall–Kier alpha value is -1.17. The van der Waals surface area contributed by atoms with Crippen LogP contribution in [0.15, 0.2) is 24.3 Å². The fourth-order valence-electron chi connectivity index (χ4n) is 3.20. The lowest BCUT2D eigenvalue weighted by Gasteiger charge is -2.30. The molecule has 1 unspecified atom stereocenters. The Kier molecular flexibility index (Phi) is 6.17. The summed E-state index contributed by atoms with van der Waals surface area (Å²) in [5, 5.41) is 14.4. The smallest absolute Gasteiger partial charge is 0.269 e. The van der Waals surface area contributed by atoms with Crippen molar-refractivity contribution in [1.82, 2.24) is 10.2 Å². The molecule has 1 atom stereocenters. The van der Waals surface area contributed by atoms with Crippen molar-refractivity contribution in [2.75, 3.05) is 19.6 Å². The molecule has 1 aromatic carbocycles. The summed E-state index contributed by atoms with van der Waals surface area (Å²) >= 11 is 0. The summed E-state index contributed by atoms with van der Waals surface area (Å²) < 4.78 is 0. The van der Waals surface area contributed by atoms with Gasteiger partial charge in [0.05, 0.1) is 4.92 Å². The molecule has 1 aliphatic carbocycles. The first kappa shape index (κ1) is 17.2. The molecule has 5 nitrogen and oxygen atoms in total. The van der Waals surface area contributed by atoms with E-state index in [1.807, 2.05) is 6.07 Å². The molecule has 1 aromatic rings. The van der Waals surface area contributed by atoms with Crippen molar-refractivity contribution >= 4 is 18.1 Å². The van der Waals surface area contributed by atoms with Crippen LogP contribution in [0.4, 0.5) is 5.69 Å². The van der Waals surface area contributed by atoms with Crippen LogP contribution in [0, 0.1) is 16.0 Å². The predicted molar refractivity (Wildman–Crippen MR) is 89.4 cm³/mol. The predicted octanol–water partition coefficient (Wildman–Crippen LogP) is 2.98. The van der Waals surface area contributed by atoms with E-state index in [-0.39, 0.29) is 23.0 Å². The fourth-order valence-corrected chi connectivity index (χ4v) is 3.20. The Morgan fingerprint density at radius 2 is 2.14 bits per heavy atom. The van der Waals surface area contributed by atoms with Gasteiger partial charge in [-0.3, -0.25) is 15.0 Å². The molecule has 1 saturated carbocycles. The number of nitrogens with one attached hydrogen (secondary N) is 1. The third-order valence-corrected chi connectivity index (χ3v) is 4.46. The summed E-state index contributed by atoms with van der Waals surface area (Å²) in [6, 6.07) is 7.76. The highest BCUT2D eigenvalue weighted by Crippen LogP contribution is 2.30. The molecule has 0 spiro atoms. The lowest BCUT2D eigenvalue weighted by Crippen LogP contribution is -2.39. The van der Waals surface area contributed by atoms with Gasteiger partial charge in [0.1, 0.15) is 0 Å². The molecule has 2 aliphatic rings. The van der Waals surface area contributed by atoms with Crippen LogP contribution in [0.25, 0.3) is 0 Å². The molecular formula is C16H24ClN3O2. The molecule has 1 saturated heterocycles. The molecule has 22 heavy (non-hydrogen) atoms. The molecule has 0 amide bonds. The van der Waals surface area contributed by atoms with Gasteiger partial charge >= 0.3 is 0 Å². The van der Waals surface area contributed by atoms with Crippen molar-refractivity contribution in [2.24, 2.45) is 5.92 Å². The van der Waals surface area contributed by atoms with Crippen molar-refractivity contribution in [3.05, 3.63) is 39.9 Å². The zero-order valence-corrected chi connectivity index (χ0v) is 13.6. The van der Waals surface area contributed by atoms with E-state index in [0.29, 0.717) is 6.04 Å². The second-order valence-electron chi connectivity index (χ2n) is 6.30. The summed E-state index contributed by atoms with van der Waals surface area (Å²) in [6.45, 7) is 4.20. The van der Waals surface area contributed by atoms with Crippen LogP contribution in [0.3, 0.4) is 0 Å². The number of nitrogens with zero attached hydrogens (tertiary/aromatic N) is 2. The van der Waals surface area contributed by atoms with Crippen LogP contribution in [-0.2, 0) is 6.54 Å². The minimum Gasteiger partial charge on any atom is -0.316 e. The number of benzene rings is 1. The number of halogens is 1. The highest BCUT2D eigenvalue weighted by atomic mass is 35.5. The highest BCUT2D eigenvalue weighted by Gasteiger charge is 2.31. The van der Waals surface area contributed by atoms with Gasteiger partial charge in [0.2, 0.25) is 0 Å². The average Bonchev–Trinajstić information content (AvgIpc) is 3.33. The number of nitro groups is 1. The van der Waals surface area contributed by atoms with Gasteiger partial charge in [-0.15, -0.1) is 12.4 Å². The van der Waals surface area contributed by atoms with Crippen LogP contribution >= 0.6 is 12.4 Å². The van der Waals surface area contributed by atoms with E-state index in [2.05, 4.69) is 10.2 Å². The number of hydrogen-bond acceptors (Lipinski definition) is 4. The zero-order valence-electron chi connectivity index (χ0n) is 12.7. The average molecular weight is 326 g/mol. The highest BCUT2D eigenvalue weighted by molar-refractivity contribution is 5.85. The maximum absolute atomic E-state index is 10.9. The van der Waals surface area contributed by atoms with Crippen molar-refractivity contribution in [3.63, 3.8) is 0 Å². The summed E-state index contributed by atoms with van der Waals surface area (Å²) in [5.41, 5.74) is 1.25. The van der Waals surface area contributed by atoms with E-state index in [0.717, 1.165) is 37.7 Å². The van der Waals surface area contributed by atoms with Gasteiger partial charge in [0, 0.05) is 31.3 Å². The first-order valence-electron chi connectivity index (χ1n) is 7.90. The molecule has 2 fully saturated rings. The van der Waals surface area contributed by atoms with Gasteiger partial charge in [-0.2, -0.15) is 0 Å². The van der Waals surface area contributed by atoms with Crippen LogP contribution < -0.4 is 5.32 Å². The molecular weight excluding hydrogens is 302 g/mol. The Balaban J connectivity index is 0.00000176. The van der Waals surface area contributed by atoms with Crippen molar-refractivity contribution in [3.8, 4) is 0 Å². The van der Waals surface area contributed by atoms with Gasteiger partial charge in [-0.05, 0) is 50.3 Å².